The van der Waals surface area contributed by atoms with E-state index in [4.69, 9.17) is 37.3 Å². The molecular formula is C82H112N6O14S2Si2. The molecule has 0 spiro atoms. The highest BCUT2D eigenvalue weighted by molar-refractivity contribution is 8.76. The van der Waals surface area contributed by atoms with Gasteiger partial charge in [0.2, 0.25) is 23.6 Å². The van der Waals surface area contributed by atoms with Crippen LogP contribution in [0.25, 0.3) is 22.3 Å². The molecule has 6 aromatic carbocycles. The summed E-state index contributed by atoms with van der Waals surface area (Å²) in [5.74, 6) is 1.82. The smallest absolute Gasteiger partial charge is 0.410 e. The predicted octanol–water partition coefficient (Wildman–Crippen LogP) is 15.4. The molecule has 24 heteroatoms. The number of rotatable bonds is 37. The Morgan fingerprint density at radius 3 is 1.00 bits per heavy atom. The zero-order chi connectivity index (χ0) is 77.4. The highest BCUT2D eigenvalue weighted by Crippen LogP contribution is 2.48. The molecule has 2 atom stereocenters. The van der Waals surface area contributed by atoms with E-state index in [9.17, 15) is 28.8 Å². The minimum absolute atomic E-state index is 0.0264. The van der Waals surface area contributed by atoms with Gasteiger partial charge in [0.1, 0.15) is 48.4 Å². The van der Waals surface area contributed by atoms with Crippen molar-refractivity contribution in [1.29, 1.82) is 0 Å². The van der Waals surface area contributed by atoms with Gasteiger partial charge in [0.25, 0.3) is 0 Å². The summed E-state index contributed by atoms with van der Waals surface area (Å²) >= 11 is 0. The minimum atomic E-state index is -2.65. The average molecular weight is 1530 g/mol. The molecule has 0 radical (unpaired) electrons. The van der Waals surface area contributed by atoms with Crippen LogP contribution in [0, 0.1) is 10.8 Å². The first-order valence-electron chi connectivity index (χ1n) is 36.4. The summed E-state index contributed by atoms with van der Waals surface area (Å²) in [5, 5.41) is 11.4. The van der Waals surface area contributed by atoms with E-state index in [2.05, 4.69) is 138 Å². The van der Waals surface area contributed by atoms with Gasteiger partial charge in [-0.3, -0.25) is 19.2 Å². The van der Waals surface area contributed by atoms with Crippen molar-refractivity contribution in [3.05, 3.63) is 167 Å². The lowest BCUT2D eigenvalue weighted by molar-refractivity contribution is -0.135. The highest BCUT2D eigenvalue weighted by Gasteiger charge is 2.49. The summed E-state index contributed by atoms with van der Waals surface area (Å²) in [7, 11) is 4.11. The Morgan fingerprint density at radius 1 is 0.425 bits per heavy atom. The number of methoxy groups -OCH3 is 4. The maximum atomic E-state index is 14.7. The van der Waals surface area contributed by atoms with Crippen molar-refractivity contribution < 1.29 is 66.0 Å². The number of carbonyl (C=O) groups excluding carboxylic acids is 6. The number of fused-ring (bicyclic) bond motifs is 6. The third-order valence-electron chi connectivity index (χ3n) is 20.7. The Morgan fingerprint density at radius 2 is 0.717 bits per heavy atom. The van der Waals surface area contributed by atoms with Gasteiger partial charge in [0.05, 0.1) is 28.4 Å². The van der Waals surface area contributed by atoms with Gasteiger partial charge >= 0.3 is 12.2 Å². The van der Waals surface area contributed by atoms with E-state index < -0.39 is 51.9 Å². The van der Waals surface area contributed by atoms with Gasteiger partial charge in [-0.05, 0) is 116 Å². The molecule has 0 aliphatic heterocycles. The third-order valence-corrected chi connectivity index (χ3v) is 32.0. The van der Waals surface area contributed by atoms with Crippen molar-refractivity contribution in [2.24, 2.45) is 10.8 Å². The highest BCUT2D eigenvalue weighted by atomic mass is 33.1. The number of ether oxygens (including phenoxy) is 6. The SMILES string of the molecule is COc1cc(CN(CC(C)(C)[C@@H](O[Si](C)(C)C(C)(C)C)C(=O)NCCC(=O)NCCSSCCNC(=O)CCNC(=O)[C@H](O[Si](C)(C)C(C)(C)C)C(C)(C)CN(Cc2cc(OC)cc(OC)c2)C(=O)OCC2c3ccccc3-c3ccccc32)C(=O)OCC2c3ccccc3-c3ccccc32)cc(OC)c1. The molecule has 0 aromatic heterocycles. The van der Waals surface area contributed by atoms with Crippen LogP contribution >= 0.6 is 21.6 Å². The second-order valence-electron chi connectivity index (χ2n) is 31.7. The molecule has 0 saturated heterocycles. The van der Waals surface area contributed by atoms with Gasteiger partial charge in [-0.15, -0.1) is 0 Å². The normalized spacial score (nSPS) is 13.6. The van der Waals surface area contributed by atoms with E-state index in [1.54, 1.807) is 72.0 Å². The van der Waals surface area contributed by atoms with Crippen molar-refractivity contribution in [1.82, 2.24) is 31.1 Å². The van der Waals surface area contributed by atoms with Gasteiger partial charge in [-0.2, -0.15) is 0 Å². The second kappa shape index (κ2) is 36.7. The standard InChI is InChI=1S/C82H112N6O14S2Si2/c1-79(2,3)105(15,16)101-73(81(7,8)53-87(49-55-43-57(95-11)47-58(44-55)96-12)77(93)99-51-69-65-31-23-19-27-61(65)62-28-20-24-32-66(62)69)75(91)85-37-35-71(89)83-39-41-103-104-42-40-84-72(90)36-38-86-76(92)74(102-106(17,18)80(4,5)6)82(9,10)54-88(50-56-45-59(97-13)48-60(46-56)98-14)78(94)100-52-70-67-33-25-21-29-63(67)64-30-22-26-34-68(64)70/h19-34,43-48,69-70,73-74H,35-42,49-54H2,1-18H3,(H,83,89)(H,84,90)(H,85,91)(H,86,92)/t73-,74-/m0/s1. The Hall–Kier alpha value is -8.01. The maximum Gasteiger partial charge on any atom is 0.410 e. The number of amides is 6. The monoisotopic (exact) mass is 1520 g/mol. The lowest BCUT2D eigenvalue weighted by atomic mass is 9.85. The first-order chi connectivity index (χ1) is 50.1. The van der Waals surface area contributed by atoms with Crippen molar-refractivity contribution >= 4 is 74.0 Å². The van der Waals surface area contributed by atoms with Crippen LogP contribution in [0.2, 0.25) is 36.3 Å². The van der Waals surface area contributed by atoms with E-state index >= 15 is 0 Å². The first kappa shape index (κ1) is 83.6. The number of hydrogen-bond donors (Lipinski definition) is 4. The largest absolute Gasteiger partial charge is 0.497 e. The topological polar surface area (TPSA) is 231 Å². The lowest BCUT2D eigenvalue weighted by Crippen LogP contribution is -2.57. The lowest BCUT2D eigenvalue weighted by Gasteiger charge is -2.44. The summed E-state index contributed by atoms with van der Waals surface area (Å²) < 4.78 is 49.1. The third kappa shape index (κ3) is 21.9. The van der Waals surface area contributed by atoms with E-state index in [0.29, 0.717) is 47.6 Å². The number of nitrogens with one attached hydrogen (secondary N) is 4. The summed E-state index contributed by atoms with van der Waals surface area (Å²) in [6.45, 7) is 30.1. The Kier molecular flexibility index (Phi) is 29.0. The molecule has 2 aliphatic carbocycles. The van der Waals surface area contributed by atoms with E-state index in [1.807, 2.05) is 100 Å². The van der Waals surface area contributed by atoms with Gasteiger partial charge in [0.15, 0.2) is 16.6 Å². The second-order valence-corrected chi connectivity index (χ2v) is 43.9. The minimum Gasteiger partial charge on any atom is -0.497 e. The van der Waals surface area contributed by atoms with Crippen LogP contribution in [0.15, 0.2) is 133 Å². The summed E-state index contributed by atoms with van der Waals surface area (Å²) in [4.78, 5) is 88.4. The van der Waals surface area contributed by atoms with Gasteiger partial charge < -0.3 is 68.3 Å². The van der Waals surface area contributed by atoms with Crippen LogP contribution < -0.4 is 40.2 Å². The fourth-order valence-corrected chi connectivity index (χ4v) is 17.4. The van der Waals surface area contributed by atoms with Crippen LogP contribution in [0.1, 0.15) is 127 Å². The van der Waals surface area contributed by atoms with Crippen LogP contribution in [-0.2, 0) is 50.6 Å². The van der Waals surface area contributed by atoms with Crippen molar-refractivity contribution in [2.75, 3.05) is 92.4 Å². The number of hydrogen-bond acceptors (Lipinski definition) is 16. The van der Waals surface area contributed by atoms with Gasteiger partial charge in [0, 0.05) is 112 Å². The maximum absolute atomic E-state index is 14.7. The number of nitrogens with zero attached hydrogens (tertiary/aromatic N) is 2. The average Bonchev–Trinajstić information content (AvgIpc) is 1.63. The Balaban J connectivity index is 0.810. The van der Waals surface area contributed by atoms with Crippen molar-refractivity contribution in [2.45, 2.75) is 155 Å². The molecule has 8 rings (SSSR count). The summed E-state index contributed by atoms with van der Waals surface area (Å²) in [6, 6.07) is 43.6. The molecule has 0 heterocycles. The number of carbonyl (C=O) groups is 6. The van der Waals surface area contributed by atoms with E-state index in [0.717, 1.165) is 55.6 Å². The van der Waals surface area contributed by atoms with Crippen LogP contribution in [0.3, 0.4) is 0 Å². The predicted molar refractivity (Wildman–Crippen MR) is 428 cm³/mol. The molecule has 0 bridgehead atoms. The Labute approximate surface area is 638 Å². The van der Waals surface area contributed by atoms with Crippen molar-refractivity contribution in [3.63, 3.8) is 0 Å². The van der Waals surface area contributed by atoms with Gasteiger partial charge in [-0.1, -0.05) is 188 Å². The van der Waals surface area contributed by atoms with Crippen molar-refractivity contribution in [3.8, 4) is 45.3 Å². The van der Waals surface area contributed by atoms with Crippen LogP contribution in [0.4, 0.5) is 9.59 Å². The molecule has 574 valence electrons. The van der Waals surface area contributed by atoms with E-state index in [1.165, 1.54) is 0 Å². The summed E-state index contributed by atoms with van der Waals surface area (Å²) in [6.07, 6.45) is -3.11. The molecule has 20 nitrogen and oxygen atoms in total. The quantitative estimate of drug-likeness (QED) is 0.0161. The molecule has 6 amide bonds. The molecule has 4 N–H and O–H groups in total. The molecule has 0 unspecified atom stereocenters. The first-order valence-corrected chi connectivity index (χ1v) is 44.7. The van der Waals surface area contributed by atoms with E-state index in [-0.39, 0.29) is 111 Å². The fourth-order valence-electron chi connectivity index (χ4n) is 12.9. The van der Waals surface area contributed by atoms with Gasteiger partial charge in [-0.25, -0.2) is 9.59 Å². The number of benzene rings is 6. The molecule has 0 saturated carbocycles. The summed E-state index contributed by atoms with van der Waals surface area (Å²) in [5.41, 5.74) is 8.29. The van der Waals surface area contributed by atoms with Crippen LogP contribution in [0.5, 0.6) is 23.0 Å². The zero-order valence-electron chi connectivity index (χ0n) is 65.3. The molecule has 0 fully saturated rings. The fraction of sp³-hybridized carbons (Fsp3) is 0.488. The molecular weight excluding hydrogens is 1410 g/mol. The Bertz CT molecular complexity index is 3640. The molecule has 2 aliphatic rings. The van der Waals surface area contributed by atoms with Crippen LogP contribution in [-0.4, -0.2) is 167 Å². The molecule has 106 heavy (non-hydrogen) atoms. The molecule has 6 aromatic rings. The zero-order valence-corrected chi connectivity index (χ0v) is 69.0.